The quantitative estimate of drug-likeness (QED) is 0.407. The molecule has 3 aromatic carbocycles. The number of para-hydroxylation sites is 1. The van der Waals surface area contributed by atoms with Gasteiger partial charge < -0.3 is 15.4 Å². The second-order valence-corrected chi connectivity index (χ2v) is 7.60. The molecule has 0 aliphatic rings. The maximum absolute atomic E-state index is 13.0. The Morgan fingerprint density at radius 3 is 2.52 bits per heavy atom. The Hall–Kier alpha value is -4.19. The minimum absolute atomic E-state index is 0.279. The number of aromatic nitrogens is 1. The summed E-state index contributed by atoms with van der Waals surface area (Å²) in [6.07, 6.45) is 3.16. The summed E-state index contributed by atoms with van der Waals surface area (Å²) in [6, 6.07) is 24.4. The van der Waals surface area contributed by atoms with Crippen molar-refractivity contribution in [3.8, 4) is 5.75 Å². The Labute approximate surface area is 192 Å². The molecule has 1 heterocycles. The van der Waals surface area contributed by atoms with Crippen molar-refractivity contribution in [1.82, 2.24) is 10.3 Å². The van der Waals surface area contributed by atoms with Crippen molar-refractivity contribution in [2.75, 3.05) is 5.32 Å². The standard InChI is InChI=1S/C27H25N3O3/c1-2-25(33-22-14-13-20-9-3-4-10-21(20)16-22)27(32)30-24-12-6-5-11-23(24)26(31)29-18-19-8-7-15-28-17-19/h3-17,25H,2,18H2,1H3,(H,29,31)(H,30,32)/t25-/m1/s1. The van der Waals surface area contributed by atoms with Crippen LogP contribution in [0.5, 0.6) is 5.75 Å². The van der Waals surface area contributed by atoms with Gasteiger partial charge in [-0.15, -0.1) is 0 Å². The summed E-state index contributed by atoms with van der Waals surface area (Å²) in [6.45, 7) is 2.23. The van der Waals surface area contributed by atoms with Gasteiger partial charge in [0.05, 0.1) is 11.3 Å². The van der Waals surface area contributed by atoms with Crippen LogP contribution in [0.25, 0.3) is 10.8 Å². The molecular formula is C27H25N3O3. The zero-order valence-electron chi connectivity index (χ0n) is 18.3. The van der Waals surface area contributed by atoms with Gasteiger partial charge in [-0.2, -0.15) is 0 Å². The predicted molar refractivity (Wildman–Crippen MR) is 129 cm³/mol. The molecule has 0 bridgehead atoms. The first-order valence-corrected chi connectivity index (χ1v) is 10.9. The Morgan fingerprint density at radius 1 is 0.939 bits per heavy atom. The van der Waals surface area contributed by atoms with Crippen LogP contribution in [-0.4, -0.2) is 22.9 Å². The summed E-state index contributed by atoms with van der Waals surface area (Å²) in [4.78, 5) is 29.8. The molecule has 0 spiro atoms. The van der Waals surface area contributed by atoms with E-state index in [0.29, 0.717) is 30.0 Å². The molecule has 0 aliphatic heterocycles. The zero-order chi connectivity index (χ0) is 23.0. The molecule has 2 N–H and O–H groups in total. The molecule has 0 radical (unpaired) electrons. The molecule has 2 amide bonds. The van der Waals surface area contributed by atoms with Crippen LogP contribution in [0.1, 0.15) is 29.3 Å². The van der Waals surface area contributed by atoms with Gasteiger partial charge in [0, 0.05) is 18.9 Å². The third-order valence-electron chi connectivity index (χ3n) is 5.27. The predicted octanol–water partition coefficient (Wildman–Crippen LogP) is 4.96. The van der Waals surface area contributed by atoms with E-state index in [2.05, 4.69) is 15.6 Å². The second kappa shape index (κ2) is 10.4. The van der Waals surface area contributed by atoms with Gasteiger partial charge >= 0.3 is 0 Å². The molecule has 4 aromatic rings. The van der Waals surface area contributed by atoms with Crippen molar-refractivity contribution >= 4 is 28.3 Å². The highest BCUT2D eigenvalue weighted by molar-refractivity contribution is 6.04. The number of fused-ring (bicyclic) bond motifs is 1. The molecule has 0 saturated carbocycles. The Morgan fingerprint density at radius 2 is 1.73 bits per heavy atom. The molecule has 33 heavy (non-hydrogen) atoms. The van der Waals surface area contributed by atoms with Crippen LogP contribution < -0.4 is 15.4 Å². The highest BCUT2D eigenvalue weighted by Crippen LogP contribution is 2.23. The van der Waals surface area contributed by atoms with E-state index >= 15 is 0 Å². The van der Waals surface area contributed by atoms with E-state index in [4.69, 9.17) is 4.74 Å². The van der Waals surface area contributed by atoms with Gasteiger partial charge in [0.15, 0.2) is 6.10 Å². The van der Waals surface area contributed by atoms with Gasteiger partial charge in [0.25, 0.3) is 11.8 Å². The minimum Gasteiger partial charge on any atom is -0.481 e. The lowest BCUT2D eigenvalue weighted by Crippen LogP contribution is -2.33. The van der Waals surface area contributed by atoms with Crippen LogP contribution >= 0.6 is 0 Å². The van der Waals surface area contributed by atoms with Gasteiger partial charge in [0.1, 0.15) is 5.75 Å². The Balaban J connectivity index is 1.44. The SMILES string of the molecule is CC[C@@H](Oc1ccc2ccccc2c1)C(=O)Nc1ccccc1C(=O)NCc1cccnc1. The van der Waals surface area contributed by atoms with Crippen molar-refractivity contribution in [3.63, 3.8) is 0 Å². The van der Waals surface area contributed by atoms with Crippen LogP contribution in [0.4, 0.5) is 5.69 Å². The van der Waals surface area contributed by atoms with E-state index in [-0.39, 0.29) is 11.8 Å². The monoisotopic (exact) mass is 439 g/mol. The van der Waals surface area contributed by atoms with E-state index < -0.39 is 6.10 Å². The number of nitrogens with zero attached hydrogens (tertiary/aromatic N) is 1. The fraction of sp³-hybridized carbons (Fsp3) is 0.148. The molecule has 1 atom stereocenters. The van der Waals surface area contributed by atoms with Gasteiger partial charge in [-0.05, 0) is 53.1 Å². The van der Waals surface area contributed by atoms with Crippen LogP contribution in [0.3, 0.4) is 0 Å². The van der Waals surface area contributed by atoms with Crippen molar-refractivity contribution in [3.05, 3.63) is 102 Å². The van der Waals surface area contributed by atoms with Gasteiger partial charge in [-0.1, -0.05) is 55.5 Å². The number of pyridine rings is 1. The summed E-state index contributed by atoms with van der Waals surface area (Å²) in [5.41, 5.74) is 1.71. The molecule has 6 nitrogen and oxygen atoms in total. The third kappa shape index (κ3) is 5.54. The molecule has 0 fully saturated rings. The number of hydrogen-bond donors (Lipinski definition) is 2. The summed E-state index contributed by atoms with van der Waals surface area (Å²) in [5.74, 6) is 0.0367. The van der Waals surface area contributed by atoms with Crippen molar-refractivity contribution < 1.29 is 14.3 Å². The van der Waals surface area contributed by atoms with E-state index in [9.17, 15) is 9.59 Å². The number of nitrogens with one attached hydrogen (secondary N) is 2. The first-order valence-electron chi connectivity index (χ1n) is 10.9. The number of rotatable bonds is 8. The number of ether oxygens (including phenoxy) is 1. The molecular weight excluding hydrogens is 414 g/mol. The number of anilines is 1. The normalized spacial score (nSPS) is 11.5. The van der Waals surface area contributed by atoms with E-state index in [0.717, 1.165) is 16.3 Å². The molecule has 1 aromatic heterocycles. The molecule has 166 valence electrons. The van der Waals surface area contributed by atoms with Crippen molar-refractivity contribution in [1.29, 1.82) is 0 Å². The maximum Gasteiger partial charge on any atom is 0.265 e. The largest absolute Gasteiger partial charge is 0.481 e. The number of hydrogen-bond acceptors (Lipinski definition) is 4. The van der Waals surface area contributed by atoms with E-state index in [1.807, 2.05) is 61.5 Å². The topological polar surface area (TPSA) is 80.3 Å². The first kappa shape index (κ1) is 22.0. The average molecular weight is 440 g/mol. The lowest BCUT2D eigenvalue weighted by atomic mass is 10.1. The minimum atomic E-state index is -0.697. The first-order chi connectivity index (χ1) is 16.1. The van der Waals surface area contributed by atoms with E-state index in [1.54, 1.807) is 36.7 Å². The number of benzene rings is 3. The fourth-order valence-electron chi connectivity index (χ4n) is 3.51. The lowest BCUT2D eigenvalue weighted by molar-refractivity contribution is -0.122. The summed E-state index contributed by atoms with van der Waals surface area (Å²) in [5, 5.41) is 7.88. The fourth-order valence-corrected chi connectivity index (χ4v) is 3.51. The van der Waals surface area contributed by atoms with Crippen LogP contribution in [-0.2, 0) is 11.3 Å². The van der Waals surface area contributed by atoms with Crippen molar-refractivity contribution in [2.45, 2.75) is 26.0 Å². The Bertz CT molecular complexity index is 1260. The average Bonchev–Trinajstić information content (AvgIpc) is 2.86. The number of amides is 2. The second-order valence-electron chi connectivity index (χ2n) is 7.60. The molecule has 0 saturated heterocycles. The number of carbonyl (C=O) groups excluding carboxylic acids is 2. The van der Waals surface area contributed by atoms with Gasteiger partial charge in [-0.3, -0.25) is 14.6 Å². The van der Waals surface area contributed by atoms with Crippen LogP contribution in [0.15, 0.2) is 91.3 Å². The highest BCUT2D eigenvalue weighted by Gasteiger charge is 2.21. The van der Waals surface area contributed by atoms with Gasteiger partial charge in [-0.25, -0.2) is 0 Å². The Kier molecular flexibility index (Phi) is 6.95. The van der Waals surface area contributed by atoms with Crippen LogP contribution in [0, 0.1) is 0 Å². The smallest absolute Gasteiger partial charge is 0.265 e. The molecule has 4 rings (SSSR count). The zero-order valence-corrected chi connectivity index (χ0v) is 18.3. The highest BCUT2D eigenvalue weighted by atomic mass is 16.5. The third-order valence-corrected chi connectivity index (χ3v) is 5.27. The summed E-state index contributed by atoms with van der Waals surface area (Å²) < 4.78 is 5.99. The van der Waals surface area contributed by atoms with E-state index in [1.165, 1.54) is 0 Å². The molecule has 0 aliphatic carbocycles. The molecule has 0 unspecified atom stereocenters. The van der Waals surface area contributed by atoms with Gasteiger partial charge in [0.2, 0.25) is 0 Å². The summed E-state index contributed by atoms with van der Waals surface area (Å²) >= 11 is 0. The lowest BCUT2D eigenvalue weighted by Gasteiger charge is -2.19. The maximum atomic E-state index is 13.0. The number of carbonyl (C=O) groups is 2. The summed E-state index contributed by atoms with van der Waals surface area (Å²) in [7, 11) is 0. The van der Waals surface area contributed by atoms with Crippen molar-refractivity contribution in [2.24, 2.45) is 0 Å². The van der Waals surface area contributed by atoms with Crippen LogP contribution in [0.2, 0.25) is 0 Å². The molecule has 6 heteroatoms.